The van der Waals surface area contributed by atoms with Gasteiger partial charge >= 0.3 is 0 Å². The van der Waals surface area contributed by atoms with E-state index in [0.29, 0.717) is 35.1 Å². The maximum atomic E-state index is 10.2. The minimum atomic E-state index is -1.02. The Balaban J connectivity index is 1.38. The van der Waals surface area contributed by atoms with Gasteiger partial charge in [0, 0.05) is 43.3 Å². The Labute approximate surface area is 194 Å². The van der Waals surface area contributed by atoms with Crippen molar-refractivity contribution in [3.63, 3.8) is 0 Å². The molecule has 1 saturated carbocycles. The molecule has 0 radical (unpaired) electrons. The molecule has 0 amide bonds. The van der Waals surface area contributed by atoms with Gasteiger partial charge in [-0.2, -0.15) is 5.10 Å². The number of hydrogen-bond donors (Lipinski definition) is 2. The average molecular weight is 450 g/mol. The number of anilines is 2. The molecular weight excluding hydrogens is 418 g/mol. The fourth-order valence-corrected chi connectivity index (χ4v) is 4.20. The molecule has 0 aromatic carbocycles. The van der Waals surface area contributed by atoms with Crippen LogP contribution in [-0.2, 0) is 10.3 Å². The van der Waals surface area contributed by atoms with Crippen molar-refractivity contribution in [2.24, 2.45) is 5.92 Å². The van der Waals surface area contributed by atoms with Crippen LogP contribution in [-0.4, -0.2) is 38.1 Å². The Morgan fingerprint density at radius 1 is 1.15 bits per heavy atom. The molecule has 2 fully saturated rings. The topological polar surface area (TPSA) is 94.3 Å². The van der Waals surface area contributed by atoms with Gasteiger partial charge in [-0.3, -0.25) is 9.67 Å². The third-order valence-electron chi connectivity index (χ3n) is 6.26. The van der Waals surface area contributed by atoms with Gasteiger partial charge < -0.3 is 19.9 Å². The Bertz CT molecular complexity index is 1120. The van der Waals surface area contributed by atoms with Gasteiger partial charge in [0.25, 0.3) is 0 Å². The van der Waals surface area contributed by atoms with Crippen molar-refractivity contribution in [3.05, 3.63) is 54.2 Å². The van der Waals surface area contributed by atoms with Crippen LogP contribution in [0.15, 0.2) is 42.9 Å². The van der Waals surface area contributed by atoms with Gasteiger partial charge in [0.2, 0.25) is 0 Å². The number of aromatic nitrogens is 4. The van der Waals surface area contributed by atoms with Gasteiger partial charge in [-0.1, -0.05) is 6.92 Å². The second-order valence-corrected chi connectivity index (χ2v) is 9.63. The number of nitrogens with one attached hydrogen (secondary N) is 1. The van der Waals surface area contributed by atoms with E-state index in [-0.39, 0.29) is 0 Å². The SMILES string of the molecule is CC1COCCC1c1nn(C2CC2)cc1Oc1ccnc(Nc2ccnc(C(C)(C)O)c2)c1. The van der Waals surface area contributed by atoms with Crippen LogP contribution < -0.4 is 10.1 Å². The van der Waals surface area contributed by atoms with Crippen LogP contribution in [0.25, 0.3) is 0 Å². The lowest BCUT2D eigenvalue weighted by atomic mass is 9.87. The van der Waals surface area contributed by atoms with E-state index in [0.717, 1.165) is 36.8 Å². The monoisotopic (exact) mass is 449 g/mol. The molecule has 33 heavy (non-hydrogen) atoms. The molecule has 8 nitrogen and oxygen atoms in total. The molecule has 0 bridgehead atoms. The predicted octanol–water partition coefficient (Wildman–Crippen LogP) is 4.91. The number of ether oxygens (including phenoxy) is 2. The highest BCUT2D eigenvalue weighted by molar-refractivity contribution is 5.58. The number of nitrogens with zero attached hydrogens (tertiary/aromatic N) is 4. The summed E-state index contributed by atoms with van der Waals surface area (Å²) in [6, 6.07) is 7.87. The van der Waals surface area contributed by atoms with Crippen LogP contribution in [0, 0.1) is 5.92 Å². The zero-order valence-corrected chi connectivity index (χ0v) is 19.4. The third-order valence-corrected chi connectivity index (χ3v) is 6.26. The second kappa shape index (κ2) is 8.76. The van der Waals surface area contributed by atoms with Crippen LogP contribution in [0.1, 0.15) is 63.4 Å². The van der Waals surface area contributed by atoms with Gasteiger partial charge in [0.1, 0.15) is 22.9 Å². The van der Waals surface area contributed by atoms with E-state index in [1.54, 1.807) is 26.2 Å². The van der Waals surface area contributed by atoms with Crippen molar-refractivity contribution in [1.82, 2.24) is 19.7 Å². The van der Waals surface area contributed by atoms with E-state index in [1.165, 1.54) is 12.8 Å². The number of hydrogen-bond acceptors (Lipinski definition) is 7. The van der Waals surface area contributed by atoms with E-state index < -0.39 is 5.60 Å². The molecule has 4 heterocycles. The Morgan fingerprint density at radius 3 is 2.73 bits per heavy atom. The number of pyridine rings is 2. The molecule has 2 unspecified atom stereocenters. The van der Waals surface area contributed by atoms with Crippen LogP contribution in [0.2, 0.25) is 0 Å². The van der Waals surface area contributed by atoms with Crippen LogP contribution >= 0.6 is 0 Å². The molecule has 2 aliphatic rings. The highest BCUT2D eigenvalue weighted by Crippen LogP contribution is 2.42. The van der Waals surface area contributed by atoms with E-state index in [2.05, 4.69) is 26.9 Å². The largest absolute Gasteiger partial charge is 0.454 e. The molecular formula is C25H31N5O3. The van der Waals surface area contributed by atoms with Gasteiger partial charge in [-0.15, -0.1) is 0 Å². The smallest absolute Gasteiger partial charge is 0.168 e. The summed E-state index contributed by atoms with van der Waals surface area (Å²) in [4.78, 5) is 8.68. The molecule has 174 valence electrons. The van der Waals surface area contributed by atoms with E-state index in [9.17, 15) is 5.11 Å². The van der Waals surface area contributed by atoms with Crippen LogP contribution in [0.5, 0.6) is 11.5 Å². The quantitative estimate of drug-likeness (QED) is 0.529. The van der Waals surface area contributed by atoms with Crippen molar-refractivity contribution < 1.29 is 14.6 Å². The predicted molar refractivity (Wildman–Crippen MR) is 125 cm³/mol. The first-order valence-corrected chi connectivity index (χ1v) is 11.6. The van der Waals surface area contributed by atoms with Gasteiger partial charge in [0.15, 0.2) is 5.75 Å². The van der Waals surface area contributed by atoms with Gasteiger partial charge in [-0.05, 0) is 57.2 Å². The molecule has 0 spiro atoms. The molecule has 3 aromatic rings. The standard InChI is InChI=1S/C25H31N5O3/c1-16-15-32-11-8-20(16)24-21(14-30(29-24)18-4-5-18)33-19-7-10-27-23(13-19)28-17-6-9-26-22(12-17)25(2,3)31/h6-7,9-10,12-14,16,18,20,31H,4-5,8,11,15H2,1-3H3,(H,26,27,28). The van der Waals surface area contributed by atoms with Crippen molar-refractivity contribution in [1.29, 1.82) is 0 Å². The van der Waals surface area contributed by atoms with Crippen LogP contribution in [0.4, 0.5) is 11.5 Å². The lowest BCUT2D eigenvalue weighted by molar-refractivity contribution is 0.0457. The minimum Gasteiger partial charge on any atom is -0.454 e. The van der Waals surface area contributed by atoms with Crippen molar-refractivity contribution in [3.8, 4) is 11.5 Å². The molecule has 8 heteroatoms. The molecule has 5 rings (SSSR count). The van der Waals surface area contributed by atoms with Gasteiger partial charge in [0.05, 0.1) is 17.9 Å². The number of aliphatic hydroxyl groups is 1. The molecule has 1 aliphatic heterocycles. The zero-order valence-electron chi connectivity index (χ0n) is 19.4. The summed E-state index contributed by atoms with van der Waals surface area (Å²) in [6.07, 6.45) is 8.73. The normalized spacial score (nSPS) is 21.1. The second-order valence-electron chi connectivity index (χ2n) is 9.63. The maximum absolute atomic E-state index is 10.2. The first-order valence-electron chi connectivity index (χ1n) is 11.6. The average Bonchev–Trinajstić information content (AvgIpc) is 3.55. The van der Waals surface area contributed by atoms with Crippen molar-refractivity contribution >= 4 is 11.5 Å². The summed E-state index contributed by atoms with van der Waals surface area (Å²) in [7, 11) is 0. The molecule has 2 atom stereocenters. The van der Waals surface area contributed by atoms with Gasteiger partial charge in [-0.25, -0.2) is 4.98 Å². The number of rotatable bonds is 7. The van der Waals surface area contributed by atoms with Crippen molar-refractivity contribution in [2.75, 3.05) is 18.5 Å². The highest BCUT2D eigenvalue weighted by Gasteiger charge is 2.32. The van der Waals surface area contributed by atoms with Crippen molar-refractivity contribution in [2.45, 2.75) is 57.6 Å². The fourth-order valence-electron chi connectivity index (χ4n) is 4.20. The highest BCUT2D eigenvalue weighted by atomic mass is 16.5. The minimum absolute atomic E-state index is 0.324. The first kappa shape index (κ1) is 21.9. The maximum Gasteiger partial charge on any atom is 0.168 e. The molecule has 1 saturated heterocycles. The Morgan fingerprint density at radius 2 is 1.97 bits per heavy atom. The Hall–Kier alpha value is -2.97. The summed E-state index contributed by atoms with van der Waals surface area (Å²) >= 11 is 0. The summed E-state index contributed by atoms with van der Waals surface area (Å²) < 4.78 is 14.1. The van der Waals surface area contributed by atoms with Crippen LogP contribution in [0.3, 0.4) is 0 Å². The molecule has 2 N–H and O–H groups in total. The zero-order chi connectivity index (χ0) is 23.0. The lowest BCUT2D eigenvalue weighted by Crippen LogP contribution is -2.24. The fraction of sp³-hybridized carbons (Fsp3) is 0.480. The van der Waals surface area contributed by atoms with E-state index >= 15 is 0 Å². The summed E-state index contributed by atoms with van der Waals surface area (Å²) in [5.41, 5.74) is 1.39. The third kappa shape index (κ3) is 5.02. The van der Waals surface area contributed by atoms with E-state index in [4.69, 9.17) is 14.6 Å². The van der Waals surface area contributed by atoms with E-state index in [1.807, 2.05) is 30.5 Å². The molecule has 1 aliphatic carbocycles. The lowest BCUT2D eigenvalue weighted by Gasteiger charge is -2.28. The first-order chi connectivity index (χ1) is 15.9. The molecule has 3 aromatic heterocycles. The Kier molecular flexibility index (Phi) is 5.80. The summed E-state index contributed by atoms with van der Waals surface area (Å²) in [5, 5.41) is 18.5. The summed E-state index contributed by atoms with van der Waals surface area (Å²) in [6.45, 7) is 7.15. The summed E-state index contributed by atoms with van der Waals surface area (Å²) in [5.74, 6) is 2.88.